The molecule has 0 unspecified atom stereocenters. The molecule has 0 fully saturated rings. The van der Waals surface area contributed by atoms with E-state index in [9.17, 15) is 14.5 Å². The minimum atomic E-state index is -0.650. The van der Waals surface area contributed by atoms with Gasteiger partial charge < -0.3 is 10.5 Å². The molecule has 0 aliphatic rings. The average molecular weight is 331 g/mol. The zero-order valence-corrected chi connectivity index (χ0v) is 12.0. The number of rotatable bonds is 4. The fourth-order valence-electron chi connectivity index (χ4n) is 1.67. The number of nitro benzene ring substituents is 1. The molecular formula is C13H9Cl2FN2O3. The molecule has 110 valence electrons. The van der Waals surface area contributed by atoms with Gasteiger partial charge in [0.1, 0.15) is 11.6 Å². The summed E-state index contributed by atoms with van der Waals surface area (Å²) in [6.07, 6.45) is 0. The van der Waals surface area contributed by atoms with E-state index in [-0.39, 0.29) is 33.8 Å². The fraction of sp³-hybridized carbons (Fsp3) is 0.0769. The van der Waals surface area contributed by atoms with Crippen LogP contribution in [0.3, 0.4) is 0 Å². The van der Waals surface area contributed by atoms with E-state index in [4.69, 9.17) is 33.7 Å². The summed E-state index contributed by atoms with van der Waals surface area (Å²) in [6.45, 7) is 0.0161. The van der Waals surface area contributed by atoms with Gasteiger partial charge in [0.2, 0.25) is 5.75 Å². The van der Waals surface area contributed by atoms with Crippen molar-refractivity contribution in [2.45, 2.75) is 6.54 Å². The van der Waals surface area contributed by atoms with Crippen molar-refractivity contribution < 1.29 is 14.1 Å². The Balaban J connectivity index is 2.48. The lowest BCUT2D eigenvalue weighted by molar-refractivity contribution is -0.385. The number of ether oxygens (including phenoxy) is 1. The van der Waals surface area contributed by atoms with Crippen molar-refractivity contribution >= 4 is 28.9 Å². The lowest BCUT2D eigenvalue weighted by atomic mass is 10.2. The molecule has 0 bridgehead atoms. The minimum absolute atomic E-state index is 0.0161. The zero-order chi connectivity index (χ0) is 15.6. The third-order valence-corrected chi connectivity index (χ3v) is 3.38. The molecule has 0 aliphatic heterocycles. The third kappa shape index (κ3) is 3.41. The molecule has 0 aliphatic carbocycles. The van der Waals surface area contributed by atoms with E-state index >= 15 is 0 Å². The first-order valence-electron chi connectivity index (χ1n) is 5.72. The van der Waals surface area contributed by atoms with Crippen LogP contribution in [0.4, 0.5) is 10.1 Å². The van der Waals surface area contributed by atoms with Crippen LogP contribution in [0.2, 0.25) is 10.0 Å². The Kier molecular flexibility index (Phi) is 4.62. The van der Waals surface area contributed by atoms with E-state index in [0.717, 1.165) is 12.1 Å². The van der Waals surface area contributed by atoms with Gasteiger partial charge in [0.25, 0.3) is 0 Å². The minimum Gasteiger partial charge on any atom is -0.450 e. The van der Waals surface area contributed by atoms with E-state index < -0.39 is 10.7 Å². The lowest BCUT2D eigenvalue weighted by Crippen LogP contribution is -2.01. The Labute approximate surface area is 129 Å². The van der Waals surface area contributed by atoms with Gasteiger partial charge in [0, 0.05) is 24.2 Å². The molecule has 0 amide bonds. The van der Waals surface area contributed by atoms with E-state index in [0.29, 0.717) is 5.56 Å². The first-order valence-corrected chi connectivity index (χ1v) is 6.47. The van der Waals surface area contributed by atoms with Gasteiger partial charge in [0.05, 0.1) is 15.0 Å². The van der Waals surface area contributed by atoms with Crippen molar-refractivity contribution in [3.8, 4) is 11.5 Å². The number of nitrogens with two attached hydrogens (primary N) is 1. The average Bonchev–Trinajstić information content (AvgIpc) is 2.44. The summed E-state index contributed by atoms with van der Waals surface area (Å²) in [5, 5.41) is 11.2. The molecule has 0 heterocycles. The maximum absolute atomic E-state index is 13.1. The van der Waals surface area contributed by atoms with Crippen LogP contribution in [0.5, 0.6) is 11.5 Å². The van der Waals surface area contributed by atoms with E-state index in [1.165, 1.54) is 18.2 Å². The molecule has 0 saturated carbocycles. The quantitative estimate of drug-likeness (QED) is 0.669. The zero-order valence-electron chi connectivity index (χ0n) is 10.5. The third-order valence-electron chi connectivity index (χ3n) is 2.66. The molecule has 8 heteroatoms. The molecule has 0 saturated heterocycles. The van der Waals surface area contributed by atoms with Crippen LogP contribution in [0.1, 0.15) is 5.56 Å². The van der Waals surface area contributed by atoms with Gasteiger partial charge in [-0.1, -0.05) is 23.2 Å². The van der Waals surface area contributed by atoms with Gasteiger partial charge in [-0.2, -0.15) is 0 Å². The number of nitrogens with zero attached hydrogens (tertiary/aromatic N) is 1. The van der Waals surface area contributed by atoms with Crippen molar-refractivity contribution in [1.82, 2.24) is 0 Å². The van der Waals surface area contributed by atoms with Gasteiger partial charge in [-0.3, -0.25) is 10.1 Å². The summed E-state index contributed by atoms with van der Waals surface area (Å²) in [4.78, 5) is 10.4. The molecule has 0 radical (unpaired) electrons. The Morgan fingerprint density at radius 1 is 1.19 bits per heavy atom. The summed E-state index contributed by atoms with van der Waals surface area (Å²) < 4.78 is 18.6. The SMILES string of the molecule is NCc1cc(F)ccc1Oc1cc(Cl)c(Cl)cc1[N+](=O)[O-]. The predicted octanol–water partition coefficient (Wildman–Crippen LogP) is 4.29. The highest BCUT2D eigenvalue weighted by Crippen LogP contribution is 2.38. The Morgan fingerprint density at radius 3 is 2.48 bits per heavy atom. The van der Waals surface area contributed by atoms with Crippen molar-refractivity contribution in [2.75, 3.05) is 0 Å². The van der Waals surface area contributed by atoms with E-state index in [2.05, 4.69) is 0 Å². The molecule has 0 spiro atoms. The lowest BCUT2D eigenvalue weighted by Gasteiger charge is -2.11. The summed E-state index contributed by atoms with van der Waals surface area (Å²) in [5.41, 5.74) is 5.52. The number of nitro groups is 1. The highest BCUT2D eigenvalue weighted by atomic mass is 35.5. The standard InChI is InChI=1S/C13H9Cl2FN2O3/c14-9-4-11(18(19)20)13(5-10(9)15)21-12-2-1-8(16)3-7(12)6-17/h1-5H,6,17H2. The van der Waals surface area contributed by atoms with Crippen molar-refractivity contribution in [3.63, 3.8) is 0 Å². The Morgan fingerprint density at radius 2 is 1.86 bits per heavy atom. The molecule has 0 atom stereocenters. The van der Waals surface area contributed by atoms with Crippen LogP contribution in [0.15, 0.2) is 30.3 Å². The largest absolute Gasteiger partial charge is 0.450 e. The molecule has 2 rings (SSSR count). The maximum Gasteiger partial charge on any atom is 0.313 e. The van der Waals surface area contributed by atoms with Gasteiger partial charge in [0.15, 0.2) is 0 Å². The molecule has 2 N–H and O–H groups in total. The first kappa shape index (κ1) is 15.5. The Hall–Kier alpha value is -1.89. The second-order valence-corrected chi connectivity index (χ2v) is 4.86. The number of halogens is 3. The van der Waals surface area contributed by atoms with Gasteiger partial charge in [-0.25, -0.2) is 4.39 Å². The van der Waals surface area contributed by atoms with Crippen molar-refractivity contribution in [2.24, 2.45) is 5.73 Å². The molecule has 2 aromatic carbocycles. The fourth-order valence-corrected chi connectivity index (χ4v) is 1.98. The summed E-state index contributed by atoms with van der Waals surface area (Å²) in [6, 6.07) is 6.01. The molecular weight excluding hydrogens is 322 g/mol. The number of hydrogen-bond donors (Lipinski definition) is 1. The van der Waals surface area contributed by atoms with Gasteiger partial charge >= 0.3 is 5.69 Å². The Bertz CT molecular complexity index is 710. The molecule has 0 aromatic heterocycles. The van der Waals surface area contributed by atoms with E-state index in [1.54, 1.807) is 0 Å². The highest BCUT2D eigenvalue weighted by molar-refractivity contribution is 6.42. The number of hydrogen-bond acceptors (Lipinski definition) is 4. The van der Waals surface area contributed by atoms with Crippen LogP contribution >= 0.6 is 23.2 Å². The highest BCUT2D eigenvalue weighted by Gasteiger charge is 2.20. The van der Waals surface area contributed by atoms with E-state index in [1.807, 2.05) is 0 Å². The summed E-state index contributed by atoms with van der Waals surface area (Å²) in [7, 11) is 0. The van der Waals surface area contributed by atoms with Crippen LogP contribution in [0, 0.1) is 15.9 Å². The molecule has 5 nitrogen and oxygen atoms in total. The normalized spacial score (nSPS) is 10.5. The topological polar surface area (TPSA) is 78.4 Å². The smallest absolute Gasteiger partial charge is 0.313 e. The van der Waals surface area contributed by atoms with Crippen LogP contribution < -0.4 is 10.5 Å². The van der Waals surface area contributed by atoms with Gasteiger partial charge in [-0.05, 0) is 18.2 Å². The second kappa shape index (κ2) is 6.26. The van der Waals surface area contributed by atoms with Crippen LogP contribution in [-0.2, 0) is 6.54 Å². The first-order chi connectivity index (χ1) is 9.92. The summed E-state index contributed by atoms with van der Waals surface area (Å²) in [5.74, 6) is -0.373. The van der Waals surface area contributed by atoms with Crippen molar-refractivity contribution in [3.05, 3.63) is 61.9 Å². The van der Waals surface area contributed by atoms with Crippen LogP contribution in [0.25, 0.3) is 0 Å². The van der Waals surface area contributed by atoms with Crippen molar-refractivity contribution in [1.29, 1.82) is 0 Å². The maximum atomic E-state index is 13.1. The predicted molar refractivity (Wildman–Crippen MR) is 77.5 cm³/mol. The number of benzene rings is 2. The molecule has 21 heavy (non-hydrogen) atoms. The monoisotopic (exact) mass is 330 g/mol. The van der Waals surface area contributed by atoms with Crippen LogP contribution in [-0.4, -0.2) is 4.92 Å². The second-order valence-electron chi connectivity index (χ2n) is 4.05. The van der Waals surface area contributed by atoms with Gasteiger partial charge in [-0.15, -0.1) is 0 Å². The molecule has 2 aromatic rings. The summed E-state index contributed by atoms with van der Waals surface area (Å²) >= 11 is 11.6.